The average molecular weight is 273 g/mol. The number of ketones is 1. The van der Waals surface area contributed by atoms with Crippen LogP contribution in [0.3, 0.4) is 0 Å². The molecule has 0 aliphatic rings. The molecule has 0 unspecified atom stereocenters. The van der Waals surface area contributed by atoms with E-state index in [2.05, 4.69) is 10.1 Å². The Morgan fingerprint density at radius 2 is 1.74 bits per heavy atom. The van der Waals surface area contributed by atoms with Gasteiger partial charge in [0.05, 0.1) is 7.11 Å². The van der Waals surface area contributed by atoms with E-state index in [-0.39, 0.29) is 12.2 Å². The summed E-state index contributed by atoms with van der Waals surface area (Å²) in [5.41, 5.74) is -0.513. The lowest BCUT2D eigenvalue weighted by molar-refractivity contribution is -0.143. The number of rotatable bonds is 7. The molecule has 6 nitrogen and oxygen atoms in total. The Bertz CT molecular complexity index is 319. The molecule has 0 saturated carbocycles. The normalized spacial score (nSPS) is 10.7. The van der Waals surface area contributed by atoms with E-state index in [9.17, 15) is 14.4 Å². The molecule has 0 aliphatic carbocycles. The lowest BCUT2D eigenvalue weighted by Gasteiger charge is -2.19. The second-order valence-corrected chi connectivity index (χ2v) is 5.18. The number of alkyl carbamates (subject to hydrolysis) is 1. The van der Waals surface area contributed by atoms with Gasteiger partial charge in [-0.1, -0.05) is 0 Å². The number of Topliss-reactive ketones (excluding diaryl/α,β-unsaturated/α-hetero) is 1. The number of hydrogen-bond acceptors (Lipinski definition) is 5. The van der Waals surface area contributed by atoms with Gasteiger partial charge in [-0.3, -0.25) is 9.59 Å². The topological polar surface area (TPSA) is 81.7 Å². The molecule has 0 bridgehead atoms. The number of carbonyl (C=O) groups excluding carboxylic acids is 3. The minimum atomic E-state index is -0.517. The van der Waals surface area contributed by atoms with Crippen molar-refractivity contribution >= 4 is 17.8 Å². The highest BCUT2D eigenvalue weighted by atomic mass is 16.6. The number of amides is 1. The first-order chi connectivity index (χ1) is 8.74. The Hall–Kier alpha value is -1.59. The number of esters is 1. The summed E-state index contributed by atoms with van der Waals surface area (Å²) in [6.45, 7) is 5.81. The smallest absolute Gasteiger partial charge is 0.407 e. The molecule has 1 amide bonds. The highest BCUT2D eigenvalue weighted by molar-refractivity contribution is 5.95. The molecule has 6 heteroatoms. The van der Waals surface area contributed by atoms with E-state index >= 15 is 0 Å². The quantitative estimate of drug-likeness (QED) is 0.434. The maximum atomic E-state index is 11.3. The maximum Gasteiger partial charge on any atom is 0.407 e. The van der Waals surface area contributed by atoms with Crippen LogP contribution >= 0.6 is 0 Å². The van der Waals surface area contributed by atoms with Crippen LogP contribution in [0.1, 0.15) is 46.5 Å². The number of unbranched alkanes of at least 4 members (excludes halogenated alkanes) is 1. The van der Waals surface area contributed by atoms with Crippen molar-refractivity contribution in [3.05, 3.63) is 0 Å². The van der Waals surface area contributed by atoms with Crippen molar-refractivity contribution in [2.75, 3.05) is 13.7 Å². The monoisotopic (exact) mass is 273 g/mol. The third-order valence-corrected chi connectivity index (χ3v) is 2.12. The van der Waals surface area contributed by atoms with Crippen LogP contribution in [0.25, 0.3) is 0 Å². The van der Waals surface area contributed by atoms with E-state index in [0.29, 0.717) is 25.8 Å². The predicted octanol–water partition coefficient (Wildman–Crippen LogP) is 1.81. The van der Waals surface area contributed by atoms with Crippen LogP contribution in [0, 0.1) is 0 Å². The zero-order valence-corrected chi connectivity index (χ0v) is 12.1. The Labute approximate surface area is 113 Å². The molecular weight excluding hydrogens is 250 g/mol. The molecule has 0 saturated heterocycles. The van der Waals surface area contributed by atoms with Gasteiger partial charge in [-0.2, -0.15) is 0 Å². The lowest BCUT2D eigenvalue weighted by Crippen LogP contribution is -2.33. The average Bonchev–Trinajstić information content (AvgIpc) is 2.25. The third-order valence-electron chi connectivity index (χ3n) is 2.12. The number of ether oxygens (including phenoxy) is 2. The van der Waals surface area contributed by atoms with Crippen molar-refractivity contribution in [2.45, 2.75) is 52.1 Å². The van der Waals surface area contributed by atoms with Crippen LogP contribution in [0.15, 0.2) is 0 Å². The molecule has 0 fully saturated rings. The van der Waals surface area contributed by atoms with E-state index in [1.54, 1.807) is 20.8 Å². The van der Waals surface area contributed by atoms with Gasteiger partial charge in [0.1, 0.15) is 17.8 Å². The molecule has 0 aliphatic heterocycles. The Morgan fingerprint density at radius 1 is 1.11 bits per heavy atom. The molecule has 1 N–H and O–H groups in total. The highest BCUT2D eigenvalue weighted by Gasteiger charge is 2.15. The molecule has 0 aromatic carbocycles. The molecule has 0 rings (SSSR count). The fraction of sp³-hybridized carbons (Fsp3) is 0.769. The molecule has 0 aromatic heterocycles. The predicted molar refractivity (Wildman–Crippen MR) is 69.7 cm³/mol. The van der Waals surface area contributed by atoms with Gasteiger partial charge in [-0.15, -0.1) is 0 Å². The molecule has 0 heterocycles. The van der Waals surface area contributed by atoms with Crippen LogP contribution < -0.4 is 5.32 Å². The second kappa shape index (κ2) is 8.50. The first kappa shape index (κ1) is 17.4. The Kier molecular flexibility index (Phi) is 7.79. The molecular formula is C13H23NO5. The zero-order valence-electron chi connectivity index (χ0n) is 12.1. The summed E-state index contributed by atoms with van der Waals surface area (Å²) in [5.74, 6) is -0.666. The number of hydrogen-bond donors (Lipinski definition) is 1. The standard InChI is InChI=1S/C13H23NO5/c1-13(2,3)19-12(17)14-8-6-5-7-10(15)9-11(16)18-4/h5-9H2,1-4H3,(H,14,17). The van der Waals surface area contributed by atoms with Crippen molar-refractivity contribution < 1.29 is 23.9 Å². The van der Waals surface area contributed by atoms with Crippen LogP contribution in [0.5, 0.6) is 0 Å². The Morgan fingerprint density at radius 3 is 2.26 bits per heavy atom. The fourth-order valence-corrected chi connectivity index (χ4v) is 1.27. The second-order valence-electron chi connectivity index (χ2n) is 5.18. The molecule has 0 radical (unpaired) electrons. The van der Waals surface area contributed by atoms with Gasteiger partial charge in [-0.05, 0) is 33.6 Å². The van der Waals surface area contributed by atoms with Crippen molar-refractivity contribution in [3.8, 4) is 0 Å². The van der Waals surface area contributed by atoms with Gasteiger partial charge in [0, 0.05) is 13.0 Å². The van der Waals surface area contributed by atoms with Crippen molar-refractivity contribution in [1.82, 2.24) is 5.32 Å². The van der Waals surface area contributed by atoms with E-state index in [0.717, 1.165) is 0 Å². The summed E-state index contributed by atoms with van der Waals surface area (Å²) in [4.78, 5) is 33.4. The van der Waals surface area contributed by atoms with E-state index in [4.69, 9.17) is 4.74 Å². The summed E-state index contributed by atoms with van der Waals surface area (Å²) < 4.78 is 9.45. The largest absolute Gasteiger partial charge is 0.469 e. The Balaban J connectivity index is 3.58. The number of methoxy groups -OCH3 is 1. The van der Waals surface area contributed by atoms with Gasteiger partial charge < -0.3 is 14.8 Å². The van der Waals surface area contributed by atoms with Gasteiger partial charge in [0.2, 0.25) is 0 Å². The van der Waals surface area contributed by atoms with E-state index in [1.165, 1.54) is 7.11 Å². The summed E-state index contributed by atoms with van der Waals surface area (Å²) in [5, 5.41) is 2.60. The van der Waals surface area contributed by atoms with Crippen molar-refractivity contribution in [2.24, 2.45) is 0 Å². The zero-order chi connectivity index (χ0) is 14.9. The summed E-state index contributed by atoms with van der Waals surface area (Å²) in [7, 11) is 1.25. The molecule has 0 aromatic rings. The lowest BCUT2D eigenvalue weighted by atomic mass is 10.1. The van der Waals surface area contributed by atoms with Gasteiger partial charge in [-0.25, -0.2) is 4.79 Å². The minimum Gasteiger partial charge on any atom is -0.469 e. The molecule has 0 atom stereocenters. The first-order valence-corrected chi connectivity index (χ1v) is 6.30. The summed E-state index contributed by atoms with van der Waals surface area (Å²) >= 11 is 0. The highest BCUT2D eigenvalue weighted by Crippen LogP contribution is 2.06. The van der Waals surface area contributed by atoms with E-state index in [1.807, 2.05) is 0 Å². The van der Waals surface area contributed by atoms with Crippen LogP contribution in [0.4, 0.5) is 4.79 Å². The molecule has 0 spiro atoms. The third kappa shape index (κ3) is 11.2. The van der Waals surface area contributed by atoms with Crippen molar-refractivity contribution in [3.63, 3.8) is 0 Å². The summed E-state index contributed by atoms with van der Waals surface area (Å²) in [6.07, 6.45) is 0.937. The van der Waals surface area contributed by atoms with Crippen LogP contribution in [-0.4, -0.2) is 37.1 Å². The maximum absolute atomic E-state index is 11.3. The van der Waals surface area contributed by atoms with Gasteiger partial charge >= 0.3 is 12.1 Å². The molecule has 19 heavy (non-hydrogen) atoms. The van der Waals surface area contributed by atoms with Crippen molar-refractivity contribution in [1.29, 1.82) is 0 Å². The van der Waals surface area contributed by atoms with E-state index < -0.39 is 17.7 Å². The number of nitrogens with one attached hydrogen (secondary N) is 1. The van der Waals surface area contributed by atoms with Gasteiger partial charge in [0.15, 0.2) is 0 Å². The SMILES string of the molecule is COC(=O)CC(=O)CCCCNC(=O)OC(C)(C)C. The van der Waals surface area contributed by atoms with Gasteiger partial charge in [0.25, 0.3) is 0 Å². The number of carbonyl (C=O) groups is 3. The van der Waals surface area contributed by atoms with Crippen LogP contribution in [-0.2, 0) is 19.1 Å². The minimum absolute atomic E-state index is 0.149. The molecule has 110 valence electrons. The first-order valence-electron chi connectivity index (χ1n) is 6.30. The summed E-state index contributed by atoms with van der Waals surface area (Å²) in [6, 6.07) is 0. The fourth-order valence-electron chi connectivity index (χ4n) is 1.27. The van der Waals surface area contributed by atoms with Crippen LogP contribution in [0.2, 0.25) is 0 Å².